The Kier molecular flexibility index (Phi) is 2.29. The van der Waals surface area contributed by atoms with E-state index in [1.54, 1.807) is 0 Å². The van der Waals surface area contributed by atoms with Crippen molar-refractivity contribution < 1.29 is 4.79 Å². The second kappa shape index (κ2) is 3.80. The molecule has 0 atom stereocenters. The summed E-state index contributed by atoms with van der Waals surface area (Å²) >= 11 is 1.39. The van der Waals surface area contributed by atoms with E-state index in [2.05, 4.69) is 12.1 Å². The van der Waals surface area contributed by atoms with Crippen molar-refractivity contribution in [2.75, 3.05) is 0 Å². The van der Waals surface area contributed by atoms with Crippen molar-refractivity contribution in [3.05, 3.63) is 59.7 Å². The van der Waals surface area contributed by atoms with Crippen LogP contribution in [0.1, 0.15) is 15.9 Å². The van der Waals surface area contributed by atoms with Crippen molar-refractivity contribution in [2.45, 2.75) is 5.75 Å². The lowest BCUT2D eigenvalue weighted by molar-refractivity contribution is 0.108. The molecule has 2 aromatic rings. The highest BCUT2D eigenvalue weighted by Gasteiger charge is 2.19. The van der Waals surface area contributed by atoms with Crippen molar-refractivity contribution in [1.82, 2.24) is 0 Å². The van der Waals surface area contributed by atoms with Gasteiger partial charge in [-0.25, -0.2) is 0 Å². The Morgan fingerprint density at radius 3 is 2.25 bits per heavy atom. The molecule has 16 heavy (non-hydrogen) atoms. The fourth-order valence-electron chi connectivity index (χ4n) is 2.03. The maximum Gasteiger partial charge on any atom is 0.220 e. The number of benzene rings is 2. The molecule has 1 aliphatic rings. The van der Waals surface area contributed by atoms with Gasteiger partial charge in [-0.1, -0.05) is 54.2 Å². The molecule has 1 heterocycles. The van der Waals surface area contributed by atoms with Crippen LogP contribution in [0.5, 0.6) is 0 Å². The molecule has 78 valence electrons. The molecule has 0 aromatic heterocycles. The second-order valence-corrected chi connectivity index (χ2v) is 4.73. The standard InChI is InChI=1S/C14H10OS/c15-14-13-8-4-3-7-12(13)11-6-2-1-5-10(11)9-16-14/h1-8H,9H2. The van der Waals surface area contributed by atoms with Gasteiger partial charge < -0.3 is 0 Å². The zero-order chi connectivity index (χ0) is 11.0. The van der Waals surface area contributed by atoms with Crippen molar-refractivity contribution in [3.8, 4) is 11.1 Å². The van der Waals surface area contributed by atoms with E-state index in [1.165, 1.54) is 22.9 Å². The molecule has 3 rings (SSSR count). The van der Waals surface area contributed by atoms with E-state index >= 15 is 0 Å². The first-order valence-corrected chi connectivity index (χ1v) is 6.19. The lowest BCUT2D eigenvalue weighted by Gasteiger charge is -2.06. The summed E-state index contributed by atoms with van der Waals surface area (Å²) in [5.41, 5.74) is 4.33. The van der Waals surface area contributed by atoms with Crippen molar-refractivity contribution in [3.63, 3.8) is 0 Å². The van der Waals surface area contributed by atoms with Gasteiger partial charge >= 0.3 is 0 Å². The molecule has 1 aliphatic heterocycles. The first kappa shape index (κ1) is 9.67. The van der Waals surface area contributed by atoms with Crippen LogP contribution in [0.25, 0.3) is 11.1 Å². The first-order valence-electron chi connectivity index (χ1n) is 5.21. The van der Waals surface area contributed by atoms with Crippen LogP contribution < -0.4 is 0 Å². The maximum absolute atomic E-state index is 11.9. The summed E-state index contributed by atoms with van der Waals surface area (Å²) < 4.78 is 0. The van der Waals surface area contributed by atoms with E-state index in [1.807, 2.05) is 36.4 Å². The van der Waals surface area contributed by atoms with Crippen LogP contribution in [0.15, 0.2) is 48.5 Å². The highest BCUT2D eigenvalue weighted by molar-refractivity contribution is 8.13. The molecule has 0 unspecified atom stereocenters. The van der Waals surface area contributed by atoms with Crippen LogP contribution >= 0.6 is 11.8 Å². The van der Waals surface area contributed by atoms with Gasteiger partial charge in [0.1, 0.15) is 0 Å². The number of rotatable bonds is 0. The number of hydrogen-bond donors (Lipinski definition) is 0. The summed E-state index contributed by atoms with van der Waals surface area (Å²) in [5.74, 6) is 0.768. The molecule has 0 saturated carbocycles. The summed E-state index contributed by atoms with van der Waals surface area (Å²) in [6.45, 7) is 0. The normalized spacial score (nSPS) is 13.9. The van der Waals surface area contributed by atoms with Crippen LogP contribution in [-0.2, 0) is 5.75 Å². The summed E-state index contributed by atoms with van der Waals surface area (Å²) in [6.07, 6.45) is 0. The van der Waals surface area contributed by atoms with Gasteiger partial charge in [-0.3, -0.25) is 4.79 Å². The van der Waals surface area contributed by atoms with E-state index < -0.39 is 0 Å². The quantitative estimate of drug-likeness (QED) is 0.680. The van der Waals surface area contributed by atoms with Gasteiger partial charge in [0.25, 0.3) is 0 Å². The fourth-order valence-corrected chi connectivity index (χ4v) is 2.90. The zero-order valence-corrected chi connectivity index (χ0v) is 9.46. The van der Waals surface area contributed by atoms with Gasteiger partial charge in [-0.2, -0.15) is 0 Å². The third-order valence-electron chi connectivity index (χ3n) is 2.81. The van der Waals surface area contributed by atoms with E-state index in [0.717, 1.165) is 16.9 Å². The molecule has 0 fully saturated rings. The average molecular weight is 226 g/mol. The minimum atomic E-state index is 0.173. The summed E-state index contributed by atoms with van der Waals surface area (Å²) in [6, 6.07) is 16.1. The Labute approximate surface area is 98.5 Å². The molecule has 1 nitrogen and oxygen atoms in total. The number of carbonyl (C=O) groups excluding carboxylic acids is 1. The second-order valence-electron chi connectivity index (χ2n) is 3.78. The first-order chi connectivity index (χ1) is 7.86. The van der Waals surface area contributed by atoms with E-state index in [9.17, 15) is 4.79 Å². The molecular formula is C14H10OS. The molecule has 0 amide bonds. The SMILES string of the molecule is O=C1SCc2ccccc2-c2ccccc21. The average Bonchev–Trinajstić information content (AvgIpc) is 2.49. The number of carbonyl (C=O) groups is 1. The van der Waals surface area contributed by atoms with Crippen molar-refractivity contribution in [1.29, 1.82) is 0 Å². The highest BCUT2D eigenvalue weighted by Crippen LogP contribution is 2.35. The molecule has 0 saturated heterocycles. The predicted molar refractivity (Wildman–Crippen MR) is 67.5 cm³/mol. The molecule has 0 aliphatic carbocycles. The molecular weight excluding hydrogens is 216 g/mol. The maximum atomic E-state index is 11.9. The van der Waals surface area contributed by atoms with Crippen LogP contribution in [0.3, 0.4) is 0 Å². The molecule has 2 aromatic carbocycles. The monoisotopic (exact) mass is 226 g/mol. The van der Waals surface area contributed by atoms with E-state index in [-0.39, 0.29) is 5.12 Å². The van der Waals surface area contributed by atoms with E-state index in [4.69, 9.17) is 0 Å². The topological polar surface area (TPSA) is 17.1 Å². The van der Waals surface area contributed by atoms with Crippen LogP contribution in [0.4, 0.5) is 0 Å². The van der Waals surface area contributed by atoms with E-state index in [0.29, 0.717) is 0 Å². The summed E-state index contributed by atoms with van der Waals surface area (Å²) in [4.78, 5) is 11.9. The number of hydrogen-bond acceptors (Lipinski definition) is 2. The van der Waals surface area contributed by atoms with Gasteiger partial charge in [0.05, 0.1) is 0 Å². The lowest BCUT2D eigenvalue weighted by atomic mass is 9.97. The minimum Gasteiger partial charge on any atom is -0.282 e. The van der Waals surface area contributed by atoms with Gasteiger partial charge in [-0.05, 0) is 22.8 Å². The van der Waals surface area contributed by atoms with Gasteiger partial charge in [0, 0.05) is 11.3 Å². The smallest absolute Gasteiger partial charge is 0.220 e. The molecule has 0 spiro atoms. The lowest BCUT2D eigenvalue weighted by Crippen LogP contribution is -1.93. The Morgan fingerprint density at radius 2 is 1.44 bits per heavy atom. The molecule has 0 bridgehead atoms. The van der Waals surface area contributed by atoms with Gasteiger partial charge in [0.15, 0.2) is 0 Å². The molecule has 0 radical (unpaired) electrons. The zero-order valence-electron chi connectivity index (χ0n) is 8.64. The largest absolute Gasteiger partial charge is 0.282 e. The Morgan fingerprint density at radius 1 is 0.812 bits per heavy atom. The number of fused-ring (bicyclic) bond motifs is 3. The predicted octanol–water partition coefficient (Wildman–Crippen LogP) is 3.74. The number of thioether (sulfide) groups is 1. The molecule has 2 heteroatoms. The van der Waals surface area contributed by atoms with Crippen LogP contribution in [0.2, 0.25) is 0 Å². The van der Waals surface area contributed by atoms with Crippen molar-refractivity contribution >= 4 is 16.9 Å². The Hall–Kier alpha value is -1.54. The third-order valence-corrected chi connectivity index (χ3v) is 3.75. The molecule has 0 N–H and O–H groups in total. The summed E-state index contributed by atoms with van der Waals surface area (Å²) in [5, 5.41) is 0.173. The summed E-state index contributed by atoms with van der Waals surface area (Å²) in [7, 11) is 0. The van der Waals surface area contributed by atoms with Crippen molar-refractivity contribution in [2.24, 2.45) is 0 Å². The third kappa shape index (κ3) is 1.46. The Bertz CT molecular complexity index is 560. The highest BCUT2D eigenvalue weighted by atomic mass is 32.2. The van der Waals surface area contributed by atoms with Crippen LogP contribution in [0, 0.1) is 0 Å². The van der Waals surface area contributed by atoms with Gasteiger partial charge in [-0.15, -0.1) is 0 Å². The minimum absolute atomic E-state index is 0.173. The fraction of sp³-hybridized carbons (Fsp3) is 0.0714. The van der Waals surface area contributed by atoms with Gasteiger partial charge in [0.2, 0.25) is 5.12 Å². The Balaban J connectivity index is 2.32. The van der Waals surface area contributed by atoms with Crippen LogP contribution in [-0.4, -0.2) is 5.12 Å².